The number of anilines is 3. The van der Waals surface area contributed by atoms with E-state index in [1.54, 1.807) is 11.3 Å². The Kier molecular flexibility index (Phi) is 6.57. The molecule has 2 heterocycles. The highest BCUT2D eigenvalue weighted by Crippen LogP contribution is 2.41. The zero-order valence-electron chi connectivity index (χ0n) is 19.1. The Balaban J connectivity index is 1.67. The number of hydrogen-bond donors (Lipinski definition) is 2. The molecule has 0 saturated carbocycles. The fraction of sp³-hybridized carbons (Fsp3) is 0.240. The van der Waals surface area contributed by atoms with Gasteiger partial charge in [0.25, 0.3) is 0 Å². The fourth-order valence-electron chi connectivity index (χ4n) is 3.90. The highest BCUT2D eigenvalue weighted by Gasteiger charge is 2.19. The first-order valence-electron chi connectivity index (χ1n) is 10.8. The van der Waals surface area contributed by atoms with Gasteiger partial charge in [0, 0.05) is 17.0 Å². The zero-order valence-corrected chi connectivity index (χ0v) is 19.9. The second-order valence-electron chi connectivity index (χ2n) is 8.13. The number of aromatic nitrogens is 2. The van der Waals surface area contributed by atoms with E-state index in [9.17, 15) is 4.79 Å². The molecule has 0 fully saturated rings. The van der Waals surface area contributed by atoms with E-state index < -0.39 is 6.03 Å². The molecule has 170 valence electrons. The lowest BCUT2D eigenvalue weighted by Gasteiger charge is -2.21. The van der Waals surface area contributed by atoms with E-state index in [1.165, 1.54) is 21.7 Å². The molecule has 0 aliphatic rings. The van der Waals surface area contributed by atoms with Gasteiger partial charge < -0.3 is 16.4 Å². The van der Waals surface area contributed by atoms with Crippen LogP contribution in [0.15, 0.2) is 54.9 Å². The van der Waals surface area contributed by atoms with Crippen LogP contribution in [0.4, 0.5) is 22.0 Å². The second kappa shape index (κ2) is 9.56. The van der Waals surface area contributed by atoms with Crippen LogP contribution in [0.3, 0.4) is 0 Å². The second-order valence-corrected chi connectivity index (χ2v) is 9.22. The molecular weight excluding hydrogens is 432 g/mol. The van der Waals surface area contributed by atoms with Gasteiger partial charge in [-0.15, -0.1) is 11.3 Å². The van der Waals surface area contributed by atoms with Crippen molar-refractivity contribution < 1.29 is 4.79 Å². The number of fused-ring (bicyclic) bond motifs is 1. The molecule has 0 unspecified atom stereocenters. The van der Waals surface area contributed by atoms with Gasteiger partial charge in [0.1, 0.15) is 17.0 Å². The minimum absolute atomic E-state index is 0.475. The van der Waals surface area contributed by atoms with Crippen LogP contribution >= 0.6 is 11.3 Å². The molecule has 8 heteroatoms. The van der Waals surface area contributed by atoms with Gasteiger partial charge in [-0.25, -0.2) is 14.8 Å². The maximum atomic E-state index is 12.3. The van der Waals surface area contributed by atoms with Gasteiger partial charge in [-0.2, -0.15) is 0 Å². The smallest absolute Gasteiger partial charge is 0.323 e. The standard InChI is InChI=1S/C25H28N6OS/c1-4-20-21(22-23(26)28-15-29-24(22)33-20)17-7-11-19(12-8-17)31(25(27)32)18-9-5-16(6-10-18)13-14-30(2)3/h5-12,15H,4,13-14H2,1-3H3,(H2,27,32)(H2,26,28,29). The van der Waals surface area contributed by atoms with Crippen LogP contribution in [0, 0.1) is 0 Å². The molecule has 4 rings (SSSR count). The first-order chi connectivity index (χ1) is 15.9. The predicted octanol–water partition coefficient (Wildman–Crippen LogP) is 4.82. The Hall–Kier alpha value is -3.49. The average Bonchev–Trinajstić information content (AvgIpc) is 3.19. The van der Waals surface area contributed by atoms with Crippen molar-refractivity contribution in [1.29, 1.82) is 0 Å². The number of rotatable bonds is 7. The van der Waals surface area contributed by atoms with Gasteiger partial charge in [0.05, 0.1) is 16.8 Å². The molecule has 0 spiro atoms. The lowest BCUT2D eigenvalue weighted by molar-refractivity contribution is 0.256. The summed E-state index contributed by atoms with van der Waals surface area (Å²) in [6.07, 6.45) is 3.31. The van der Waals surface area contributed by atoms with Gasteiger partial charge in [-0.1, -0.05) is 31.2 Å². The van der Waals surface area contributed by atoms with E-state index in [-0.39, 0.29) is 0 Å². The number of hydrogen-bond acceptors (Lipinski definition) is 6. The predicted molar refractivity (Wildman–Crippen MR) is 137 cm³/mol. The van der Waals surface area contributed by atoms with Gasteiger partial charge in [0.2, 0.25) is 0 Å². The molecule has 2 amide bonds. The number of nitrogen functional groups attached to an aromatic ring is 1. The van der Waals surface area contributed by atoms with Crippen molar-refractivity contribution in [2.24, 2.45) is 5.73 Å². The number of nitrogens with zero attached hydrogens (tertiary/aromatic N) is 4. The Bertz CT molecular complexity index is 1260. The van der Waals surface area contributed by atoms with E-state index in [4.69, 9.17) is 11.5 Å². The third-order valence-electron chi connectivity index (χ3n) is 5.59. The zero-order chi connectivity index (χ0) is 23.5. The third-order valence-corrected chi connectivity index (χ3v) is 6.83. The lowest BCUT2D eigenvalue weighted by Crippen LogP contribution is -2.31. The highest BCUT2D eigenvalue weighted by molar-refractivity contribution is 7.19. The molecule has 0 aliphatic heterocycles. The molecule has 4 aromatic rings. The quantitative estimate of drug-likeness (QED) is 0.412. The largest absolute Gasteiger partial charge is 0.383 e. The fourth-order valence-corrected chi connectivity index (χ4v) is 5.01. The monoisotopic (exact) mass is 460 g/mol. The van der Waals surface area contributed by atoms with Gasteiger partial charge in [-0.05, 0) is 62.3 Å². The first-order valence-corrected chi connectivity index (χ1v) is 11.7. The third kappa shape index (κ3) is 4.67. The number of nitrogens with two attached hydrogens (primary N) is 2. The summed E-state index contributed by atoms with van der Waals surface area (Å²) in [7, 11) is 4.10. The van der Waals surface area contributed by atoms with Crippen molar-refractivity contribution in [2.75, 3.05) is 31.3 Å². The first kappa shape index (κ1) is 22.7. The van der Waals surface area contributed by atoms with Crippen molar-refractivity contribution in [2.45, 2.75) is 19.8 Å². The number of thiophene rings is 1. The van der Waals surface area contributed by atoms with Crippen LogP contribution in [-0.2, 0) is 12.8 Å². The van der Waals surface area contributed by atoms with Crippen molar-refractivity contribution in [3.05, 3.63) is 65.3 Å². The Morgan fingerprint density at radius 3 is 2.21 bits per heavy atom. The number of primary amides is 1. The molecule has 0 bridgehead atoms. The normalized spacial score (nSPS) is 11.3. The molecule has 2 aromatic carbocycles. The number of aryl methyl sites for hydroxylation is 1. The summed E-state index contributed by atoms with van der Waals surface area (Å²) in [6, 6.07) is 15.2. The number of amides is 2. The van der Waals surface area contributed by atoms with E-state index in [2.05, 4.69) is 35.9 Å². The van der Waals surface area contributed by atoms with Gasteiger partial charge >= 0.3 is 6.03 Å². The minimum Gasteiger partial charge on any atom is -0.383 e. The summed E-state index contributed by atoms with van der Waals surface area (Å²) in [5, 5.41) is 0.882. The van der Waals surface area contributed by atoms with Crippen LogP contribution in [0.5, 0.6) is 0 Å². The molecule has 2 aromatic heterocycles. The maximum absolute atomic E-state index is 12.3. The number of likely N-dealkylation sites (N-methyl/N-ethyl adjacent to an activating group) is 1. The topological polar surface area (TPSA) is 101 Å². The Labute approximate surface area is 197 Å². The summed E-state index contributed by atoms with van der Waals surface area (Å²) in [5.74, 6) is 0.475. The molecule has 0 radical (unpaired) electrons. The average molecular weight is 461 g/mol. The van der Waals surface area contributed by atoms with E-state index in [0.29, 0.717) is 11.5 Å². The number of benzene rings is 2. The Morgan fingerprint density at radius 1 is 1.00 bits per heavy atom. The molecule has 0 atom stereocenters. The van der Waals surface area contributed by atoms with Crippen LogP contribution in [-0.4, -0.2) is 41.5 Å². The maximum Gasteiger partial charge on any atom is 0.323 e. The number of carbonyl (C=O) groups excluding carboxylic acids is 1. The lowest BCUT2D eigenvalue weighted by atomic mass is 10.0. The summed E-state index contributed by atoms with van der Waals surface area (Å²) in [4.78, 5) is 26.7. The van der Waals surface area contributed by atoms with Crippen LogP contribution in [0.25, 0.3) is 21.3 Å². The van der Waals surface area contributed by atoms with Crippen LogP contribution < -0.4 is 16.4 Å². The summed E-state index contributed by atoms with van der Waals surface area (Å²) < 4.78 is 0. The van der Waals surface area contributed by atoms with Crippen LogP contribution in [0.2, 0.25) is 0 Å². The molecule has 4 N–H and O–H groups in total. The molecule has 33 heavy (non-hydrogen) atoms. The van der Waals surface area contributed by atoms with Gasteiger partial charge in [-0.3, -0.25) is 4.90 Å². The van der Waals surface area contributed by atoms with E-state index >= 15 is 0 Å². The number of urea groups is 1. The molecule has 0 saturated heterocycles. The molecule has 0 aliphatic carbocycles. The summed E-state index contributed by atoms with van der Waals surface area (Å²) >= 11 is 1.63. The van der Waals surface area contributed by atoms with Crippen molar-refractivity contribution in [3.8, 4) is 11.1 Å². The Morgan fingerprint density at radius 2 is 1.64 bits per heavy atom. The van der Waals surface area contributed by atoms with Gasteiger partial charge in [0.15, 0.2) is 0 Å². The minimum atomic E-state index is -0.531. The van der Waals surface area contributed by atoms with E-state index in [0.717, 1.165) is 46.4 Å². The van der Waals surface area contributed by atoms with Crippen molar-refractivity contribution in [3.63, 3.8) is 0 Å². The number of carbonyl (C=O) groups is 1. The molecule has 7 nitrogen and oxygen atoms in total. The summed E-state index contributed by atoms with van der Waals surface area (Å²) in [6.45, 7) is 3.08. The van der Waals surface area contributed by atoms with Crippen molar-refractivity contribution >= 4 is 44.8 Å². The van der Waals surface area contributed by atoms with Crippen LogP contribution in [0.1, 0.15) is 17.4 Å². The SMILES string of the molecule is CCc1sc2ncnc(N)c2c1-c1ccc(N(C(N)=O)c2ccc(CCN(C)C)cc2)cc1. The van der Waals surface area contributed by atoms with Crippen molar-refractivity contribution in [1.82, 2.24) is 14.9 Å². The highest BCUT2D eigenvalue weighted by atomic mass is 32.1. The van der Waals surface area contributed by atoms with E-state index in [1.807, 2.05) is 48.5 Å². The molecular formula is C25H28N6OS. The summed E-state index contributed by atoms with van der Waals surface area (Å²) in [5.41, 5.74) is 16.7.